The van der Waals surface area contributed by atoms with Gasteiger partial charge in [0.15, 0.2) is 0 Å². The highest BCUT2D eigenvalue weighted by Crippen LogP contribution is 2.18. The predicted octanol–water partition coefficient (Wildman–Crippen LogP) is 2.06. The molecule has 2 heterocycles. The van der Waals surface area contributed by atoms with E-state index in [9.17, 15) is 4.79 Å². The number of carbonyl (C=O) groups excluding carboxylic acids is 1. The van der Waals surface area contributed by atoms with Gasteiger partial charge in [0, 0.05) is 31.4 Å². The number of hydrogen-bond donors (Lipinski definition) is 1. The van der Waals surface area contributed by atoms with Crippen molar-refractivity contribution in [1.82, 2.24) is 20.1 Å². The highest BCUT2D eigenvalue weighted by atomic mass is 16.1. The second-order valence-corrected chi connectivity index (χ2v) is 4.48. The van der Waals surface area contributed by atoms with Gasteiger partial charge in [0.2, 0.25) is 5.91 Å². The number of carbonyl (C=O) groups is 1. The molecule has 104 valence electrons. The zero-order valence-electron chi connectivity index (χ0n) is 11.5. The molecule has 1 amide bonds. The van der Waals surface area contributed by atoms with Gasteiger partial charge in [-0.2, -0.15) is 5.10 Å². The Hall–Kier alpha value is -2.43. The lowest BCUT2D eigenvalue weighted by Gasteiger charge is -2.00. The van der Waals surface area contributed by atoms with E-state index < -0.39 is 0 Å². The molecular formula is C15H18N4O. The summed E-state index contributed by atoms with van der Waals surface area (Å²) in [4.78, 5) is 15.5. The predicted molar refractivity (Wildman–Crippen MR) is 77.7 cm³/mol. The molecule has 0 radical (unpaired) electrons. The second kappa shape index (κ2) is 6.65. The highest BCUT2D eigenvalue weighted by molar-refractivity contribution is 5.76. The van der Waals surface area contributed by atoms with Crippen LogP contribution in [0.25, 0.3) is 11.3 Å². The maximum atomic E-state index is 11.5. The Morgan fingerprint density at radius 2 is 2.20 bits per heavy atom. The van der Waals surface area contributed by atoms with Crippen LogP contribution in [-0.2, 0) is 18.4 Å². The van der Waals surface area contributed by atoms with E-state index in [-0.39, 0.29) is 5.91 Å². The first kappa shape index (κ1) is 14.0. The van der Waals surface area contributed by atoms with Crippen molar-refractivity contribution in [2.75, 3.05) is 0 Å². The lowest BCUT2D eigenvalue weighted by molar-refractivity contribution is -0.121. The quantitative estimate of drug-likeness (QED) is 0.817. The van der Waals surface area contributed by atoms with Crippen LogP contribution in [0.15, 0.2) is 43.2 Å². The molecule has 0 aliphatic heterocycles. The minimum atomic E-state index is 0.0148. The van der Waals surface area contributed by atoms with E-state index in [0.717, 1.165) is 17.0 Å². The number of allylic oxidation sites excluding steroid dienone is 1. The summed E-state index contributed by atoms with van der Waals surface area (Å²) >= 11 is 0. The first-order chi connectivity index (χ1) is 9.70. The van der Waals surface area contributed by atoms with Gasteiger partial charge in [-0.05, 0) is 24.6 Å². The van der Waals surface area contributed by atoms with Crippen molar-refractivity contribution < 1.29 is 4.79 Å². The topological polar surface area (TPSA) is 59.8 Å². The average molecular weight is 270 g/mol. The monoisotopic (exact) mass is 270 g/mol. The Kier molecular flexibility index (Phi) is 4.65. The summed E-state index contributed by atoms with van der Waals surface area (Å²) < 4.78 is 1.81. The normalized spacial score (nSPS) is 10.2. The Balaban J connectivity index is 2.01. The van der Waals surface area contributed by atoms with Crippen LogP contribution in [0.4, 0.5) is 0 Å². The van der Waals surface area contributed by atoms with Crippen LogP contribution in [0, 0.1) is 0 Å². The number of pyridine rings is 1. The Labute approximate surface area is 118 Å². The van der Waals surface area contributed by atoms with Crippen LogP contribution in [-0.4, -0.2) is 20.7 Å². The summed E-state index contributed by atoms with van der Waals surface area (Å²) in [6, 6.07) is 5.84. The lowest BCUT2D eigenvalue weighted by atomic mass is 10.2. The molecule has 0 saturated carbocycles. The first-order valence-corrected chi connectivity index (χ1v) is 6.51. The van der Waals surface area contributed by atoms with E-state index in [1.807, 2.05) is 25.2 Å². The van der Waals surface area contributed by atoms with E-state index in [0.29, 0.717) is 19.4 Å². The van der Waals surface area contributed by atoms with E-state index in [2.05, 4.69) is 22.0 Å². The van der Waals surface area contributed by atoms with Gasteiger partial charge in [-0.25, -0.2) is 0 Å². The summed E-state index contributed by atoms with van der Waals surface area (Å²) in [7, 11) is 1.89. The molecule has 0 fully saturated rings. The molecule has 5 nitrogen and oxygen atoms in total. The molecule has 0 unspecified atom stereocenters. The Morgan fingerprint density at radius 1 is 1.45 bits per heavy atom. The van der Waals surface area contributed by atoms with Crippen LogP contribution in [0.2, 0.25) is 0 Å². The number of aryl methyl sites for hydroxylation is 1. The zero-order valence-corrected chi connectivity index (χ0v) is 11.5. The fraction of sp³-hybridized carbons (Fsp3) is 0.267. The molecule has 0 atom stereocenters. The van der Waals surface area contributed by atoms with Crippen molar-refractivity contribution in [2.24, 2.45) is 7.05 Å². The molecule has 20 heavy (non-hydrogen) atoms. The number of aromatic nitrogens is 3. The molecule has 0 spiro atoms. The van der Waals surface area contributed by atoms with Crippen molar-refractivity contribution in [1.29, 1.82) is 0 Å². The minimum Gasteiger partial charge on any atom is -0.350 e. The molecule has 0 aliphatic rings. The molecular weight excluding hydrogens is 252 g/mol. The first-order valence-electron chi connectivity index (χ1n) is 6.51. The van der Waals surface area contributed by atoms with E-state index >= 15 is 0 Å². The third-order valence-electron chi connectivity index (χ3n) is 2.95. The number of nitrogens with one attached hydrogen (secondary N) is 1. The zero-order chi connectivity index (χ0) is 14.4. The standard InChI is InChI=1S/C15H18N4O/c1-3-4-5-15(20)17-11-13-10-14(19(2)18-13)12-6-8-16-9-7-12/h3,6-10H,1,4-5,11H2,2H3,(H,17,20). The summed E-state index contributed by atoms with van der Waals surface area (Å²) in [5.74, 6) is 0.0148. The summed E-state index contributed by atoms with van der Waals surface area (Å²) in [5, 5.41) is 7.25. The molecule has 2 aromatic heterocycles. The van der Waals surface area contributed by atoms with E-state index in [1.54, 1.807) is 23.2 Å². The van der Waals surface area contributed by atoms with E-state index in [1.165, 1.54) is 0 Å². The lowest BCUT2D eigenvalue weighted by Crippen LogP contribution is -2.22. The second-order valence-electron chi connectivity index (χ2n) is 4.48. The van der Waals surface area contributed by atoms with Crippen LogP contribution < -0.4 is 5.32 Å². The maximum absolute atomic E-state index is 11.5. The summed E-state index contributed by atoms with van der Waals surface area (Å²) in [6.07, 6.45) is 6.39. The van der Waals surface area contributed by atoms with Crippen molar-refractivity contribution in [3.8, 4) is 11.3 Å². The molecule has 1 N–H and O–H groups in total. The molecule has 5 heteroatoms. The largest absolute Gasteiger partial charge is 0.350 e. The minimum absolute atomic E-state index is 0.0148. The van der Waals surface area contributed by atoms with Gasteiger partial charge in [-0.1, -0.05) is 6.08 Å². The van der Waals surface area contributed by atoms with Crippen LogP contribution in [0.5, 0.6) is 0 Å². The van der Waals surface area contributed by atoms with Gasteiger partial charge in [-0.15, -0.1) is 6.58 Å². The molecule has 2 aromatic rings. The maximum Gasteiger partial charge on any atom is 0.220 e. The number of nitrogens with zero attached hydrogens (tertiary/aromatic N) is 3. The van der Waals surface area contributed by atoms with Gasteiger partial charge in [0.1, 0.15) is 0 Å². The third kappa shape index (κ3) is 3.54. The summed E-state index contributed by atoms with van der Waals surface area (Å²) in [5.41, 5.74) is 2.90. The van der Waals surface area contributed by atoms with Gasteiger partial charge >= 0.3 is 0 Å². The number of hydrogen-bond acceptors (Lipinski definition) is 3. The van der Waals surface area contributed by atoms with Gasteiger partial charge in [0.25, 0.3) is 0 Å². The van der Waals surface area contributed by atoms with Crippen molar-refractivity contribution in [3.05, 3.63) is 48.9 Å². The van der Waals surface area contributed by atoms with Crippen molar-refractivity contribution in [3.63, 3.8) is 0 Å². The number of amides is 1. The fourth-order valence-electron chi connectivity index (χ4n) is 1.92. The Morgan fingerprint density at radius 3 is 2.90 bits per heavy atom. The van der Waals surface area contributed by atoms with Crippen LogP contribution in [0.1, 0.15) is 18.5 Å². The van der Waals surface area contributed by atoms with Gasteiger partial charge in [-0.3, -0.25) is 14.5 Å². The molecule has 2 rings (SSSR count). The number of rotatable bonds is 6. The van der Waals surface area contributed by atoms with Gasteiger partial charge < -0.3 is 5.32 Å². The van der Waals surface area contributed by atoms with Crippen LogP contribution >= 0.6 is 0 Å². The van der Waals surface area contributed by atoms with E-state index in [4.69, 9.17) is 0 Å². The smallest absolute Gasteiger partial charge is 0.220 e. The molecule has 0 saturated heterocycles. The fourth-order valence-corrected chi connectivity index (χ4v) is 1.92. The third-order valence-corrected chi connectivity index (χ3v) is 2.95. The SMILES string of the molecule is C=CCCC(=O)NCc1cc(-c2ccncc2)n(C)n1. The highest BCUT2D eigenvalue weighted by Gasteiger charge is 2.08. The van der Waals surface area contributed by atoms with Crippen molar-refractivity contribution in [2.45, 2.75) is 19.4 Å². The summed E-state index contributed by atoms with van der Waals surface area (Å²) in [6.45, 7) is 4.04. The average Bonchev–Trinajstić information content (AvgIpc) is 2.85. The molecule has 0 bridgehead atoms. The molecule has 0 aliphatic carbocycles. The molecule has 0 aromatic carbocycles. The van der Waals surface area contributed by atoms with Crippen LogP contribution in [0.3, 0.4) is 0 Å². The van der Waals surface area contributed by atoms with Gasteiger partial charge in [0.05, 0.1) is 17.9 Å². The van der Waals surface area contributed by atoms with Crippen molar-refractivity contribution >= 4 is 5.91 Å². The Bertz CT molecular complexity index is 589.